The third-order valence-electron chi connectivity index (χ3n) is 2.79. The first-order valence-corrected chi connectivity index (χ1v) is 5.05. The molecule has 0 aromatic rings. The number of fused-ring (bicyclic) bond motifs is 1. The standard InChI is InChI=1S/C12H15NO2/c1-12(13-7-8-14)6-2-3-9-4-5-10(15)11(9)12/h2-6,13-15H,7-8H2,1H3. The molecule has 1 unspecified atom stereocenters. The highest BCUT2D eigenvalue weighted by Gasteiger charge is 2.33. The Morgan fingerprint density at radius 2 is 2.20 bits per heavy atom. The smallest absolute Gasteiger partial charge is 0.121 e. The van der Waals surface area contributed by atoms with Crippen molar-refractivity contribution in [2.24, 2.45) is 0 Å². The normalized spacial score (nSPS) is 28.3. The summed E-state index contributed by atoms with van der Waals surface area (Å²) in [6, 6.07) is 0. The minimum atomic E-state index is -0.388. The third-order valence-corrected chi connectivity index (χ3v) is 2.79. The van der Waals surface area contributed by atoms with E-state index in [0.29, 0.717) is 12.3 Å². The Balaban J connectivity index is 2.32. The molecule has 0 aromatic carbocycles. The molecule has 0 saturated carbocycles. The maximum absolute atomic E-state index is 9.77. The van der Waals surface area contributed by atoms with E-state index in [0.717, 1.165) is 11.1 Å². The molecule has 0 spiro atoms. The van der Waals surface area contributed by atoms with Crippen molar-refractivity contribution in [1.29, 1.82) is 0 Å². The van der Waals surface area contributed by atoms with Crippen molar-refractivity contribution in [2.75, 3.05) is 13.2 Å². The molecule has 0 aliphatic heterocycles. The van der Waals surface area contributed by atoms with Crippen LogP contribution in [0, 0.1) is 0 Å². The number of hydrogen-bond donors (Lipinski definition) is 3. The second kappa shape index (κ2) is 3.68. The molecule has 3 heteroatoms. The second-order valence-corrected chi connectivity index (χ2v) is 3.93. The molecule has 2 aliphatic carbocycles. The van der Waals surface area contributed by atoms with Crippen molar-refractivity contribution in [1.82, 2.24) is 5.32 Å². The molecule has 3 nitrogen and oxygen atoms in total. The predicted molar refractivity (Wildman–Crippen MR) is 59.5 cm³/mol. The molecule has 0 saturated heterocycles. The summed E-state index contributed by atoms with van der Waals surface area (Å²) in [6.45, 7) is 2.58. The van der Waals surface area contributed by atoms with Crippen LogP contribution in [0.1, 0.15) is 6.92 Å². The first-order chi connectivity index (χ1) is 7.17. The fourth-order valence-corrected chi connectivity index (χ4v) is 2.08. The SMILES string of the molecule is CC1(NCCO)C=CC=C2C=CC(O)=C21. The van der Waals surface area contributed by atoms with Crippen molar-refractivity contribution < 1.29 is 10.2 Å². The van der Waals surface area contributed by atoms with Gasteiger partial charge in [-0.15, -0.1) is 0 Å². The first kappa shape index (κ1) is 10.2. The zero-order valence-corrected chi connectivity index (χ0v) is 8.70. The van der Waals surface area contributed by atoms with Crippen LogP contribution < -0.4 is 5.32 Å². The van der Waals surface area contributed by atoms with Crippen molar-refractivity contribution in [3.05, 3.63) is 47.3 Å². The zero-order valence-electron chi connectivity index (χ0n) is 8.70. The maximum atomic E-state index is 9.77. The summed E-state index contributed by atoms with van der Waals surface area (Å²) in [5, 5.41) is 21.8. The van der Waals surface area contributed by atoms with Crippen LogP contribution in [0.3, 0.4) is 0 Å². The molecule has 0 bridgehead atoms. The van der Waals surface area contributed by atoms with E-state index < -0.39 is 0 Å². The zero-order chi connectivity index (χ0) is 10.9. The lowest BCUT2D eigenvalue weighted by molar-refractivity contribution is 0.279. The monoisotopic (exact) mass is 205 g/mol. The summed E-state index contributed by atoms with van der Waals surface area (Å²) < 4.78 is 0. The van der Waals surface area contributed by atoms with E-state index in [1.165, 1.54) is 0 Å². The lowest BCUT2D eigenvalue weighted by atomic mass is 9.83. The quantitative estimate of drug-likeness (QED) is 0.649. The van der Waals surface area contributed by atoms with E-state index in [9.17, 15) is 5.11 Å². The van der Waals surface area contributed by atoms with Crippen LogP contribution in [0.15, 0.2) is 47.3 Å². The van der Waals surface area contributed by atoms with Gasteiger partial charge in [0.05, 0.1) is 12.1 Å². The summed E-state index contributed by atoms with van der Waals surface area (Å²) >= 11 is 0. The minimum absolute atomic E-state index is 0.0873. The lowest BCUT2D eigenvalue weighted by Crippen LogP contribution is -2.45. The Morgan fingerprint density at radius 1 is 1.40 bits per heavy atom. The van der Waals surface area contributed by atoms with E-state index in [-0.39, 0.29) is 12.1 Å². The molecule has 2 aliphatic rings. The molecule has 0 heterocycles. The van der Waals surface area contributed by atoms with E-state index in [1.807, 2.05) is 31.2 Å². The highest BCUT2D eigenvalue weighted by Crippen LogP contribution is 2.36. The van der Waals surface area contributed by atoms with Gasteiger partial charge in [0.15, 0.2) is 0 Å². The van der Waals surface area contributed by atoms with E-state index in [4.69, 9.17) is 5.11 Å². The Bertz CT molecular complexity index is 390. The lowest BCUT2D eigenvalue weighted by Gasteiger charge is -2.32. The molecule has 80 valence electrons. The summed E-state index contributed by atoms with van der Waals surface area (Å²) in [6.07, 6.45) is 9.52. The Morgan fingerprint density at radius 3 is 2.93 bits per heavy atom. The Hall–Kier alpha value is -1.32. The third kappa shape index (κ3) is 1.64. The Kier molecular flexibility index (Phi) is 2.50. The summed E-state index contributed by atoms with van der Waals surface area (Å²) in [4.78, 5) is 0. The van der Waals surface area contributed by atoms with Crippen molar-refractivity contribution in [3.63, 3.8) is 0 Å². The highest BCUT2D eigenvalue weighted by molar-refractivity contribution is 5.61. The number of nitrogens with one attached hydrogen (secondary N) is 1. The van der Waals surface area contributed by atoms with Crippen molar-refractivity contribution >= 4 is 0 Å². The second-order valence-electron chi connectivity index (χ2n) is 3.93. The van der Waals surface area contributed by atoms with Gasteiger partial charge in [-0.25, -0.2) is 0 Å². The molecule has 0 fully saturated rings. The molecule has 0 amide bonds. The van der Waals surface area contributed by atoms with Gasteiger partial charge >= 0.3 is 0 Å². The van der Waals surface area contributed by atoms with E-state index in [2.05, 4.69) is 5.32 Å². The number of aliphatic hydroxyl groups excluding tert-OH is 2. The summed E-state index contributed by atoms with van der Waals surface area (Å²) in [7, 11) is 0. The Labute approximate surface area is 89.1 Å². The molecule has 3 N–H and O–H groups in total. The fourth-order valence-electron chi connectivity index (χ4n) is 2.08. The van der Waals surface area contributed by atoms with Crippen molar-refractivity contribution in [3.8, 4) is 0 Å². The first-order valence-electron chi connectivity index (χ1n) is 5.05. The topological polar surface area (TPSA) is 52.5 Å². The predicted octanol–water partition coefficient (Wildman–Crippen LogP) is 1.21. The summed E-state index contributed by atoms with van der Waals surface area (Å²) in [5.41, 5.74) is 1.53. The van der Waals surface area contributed by atoms with Gasteiger partial charge in [-0.3, -0.25) is 0 Å². The van der Waals surface area contributed by atoms with E-state index >= 15 is 0 Å². The average Bonchev–Trinajstić information content (AvgIpc) is 2.59. The average molecular weight is 205 g/mol. The molecular weight excluding hydrogens is 190 g/mol. The maximum Gasteiger partial charge on any atom is 0.121 e. The van der Waals surface area contributed by atoms with Gasteiger partial charge in [-0.1, -0.05) is 24.3 Å². The van der Waals surface area contributed by atoms with Crippen LogP contribution in [0.4, 0.5) is 0 Å². The van der Waals surface area contributed by atoms with Crippen LogP contribution in [-0.4, -0.2) is 28.9 Å². The van der Waals surface area contributed by atoms with Crippen molar-refractivity contribution in [2.45, 2.75) is 12.5 Å². The number of rotatable bonds is 3. The van der Waals surface area contributed by atoms with Gasteiger partial charge in [0.25, 0.3) is 0 Å². The number of aliphatic hydroxyl groups is 2. The molecule has 1 atom stereocenters. The van der Waals surface area contributed by atoms with Crippen LogP contribution in [0.25, 0.3) is 0 Å². The van der Waals surface area contributed by atoms with Crippen LogP contribution in [0.5, 0.6) is 0 Å². The van der Waals surface area contributed by atoms with Crippen LogP contribution >= 0.6 is 0 Å². The van der Waals surface area contributed by atoms with E-state index in [1.54, 1.807) is 6.08 Å². The molecule has 15 heavy (non-hydrogen) atoms. The van der Waals surface area contributed by atoms with Gasteiger partial charge < -0.3 is 15.5 Å². The van der Waals surface area contributed by atoms with Crippen LogP contribution in [0.2, 0.25) is 0 Å². The highest BCUT2D eigenvalue weighted by atomic mass is 16.3. The molecule has 0 aromatic heterocycles. The number of hydrogen-bond acceptors (Lipinski definition) is 3. The fraction of sp³-hybridized carbons (Fsp3) is 0.333. The van der Waals surface area contributed by atoms with Gasteiger partial charge in [0.1, 0.15) is 5.76 Å². The summed E-state index contributed by atoms with van der Waals surface area (Å²) in [5.74, 6) is 0.304. The number of β-amino-alcohol motifs (C(OH)–C–C–N with tert-alkyl or cyclic N) is 1. The van der Waals surface area contributed by atoms with Gasteiger partial charge in [-0.2, -0.15) is 0 Å². The molecule has 2 rings (SSSR count). The van der Waals surface area contributed by atoms with Gasteiger partial charge in [-0.05, 0) is 18.6 Å². The van der Waals surface area contributed by atoms with Gasteiger partial charge in [0, 0.05) is 12.1 Å². The minimum Gasteiger partial charge on any atom is -0.508 e. The number of allylic oxidation sites excluding steroid dienone is 4. The molecule has 0 radical (unpaired) electrons. The molecular formula is C12H15NO2. The largest absolute Gasteiger partial charge is 0.508 e. The van der Waals surface area contributed by atoms with Gasteiger partial charge in [0.2, 0.25) is 0 Å². The van der Waals surface area contributed by atoms with Crippen LogP contribution in [-0.2, 0) is 0 Å².